The van der Waals surface area contributed by atoms with Crippen LogP contribution in [0.25, 0.3) is 5.95 Å². The Labute approximate surface area is 138 Å². The van der Waals surface area contributed by atoms with Crippen LogP contribution < -0.4 is 4.90 Å². The number of esters is 1. The van der Waals surface area contributed by atoms with Crippen molar-refractivity contribution in [2.24, 2.45) is 0 Å². The number of nitrogens with zero attached hydrogens (tertiary/aromatic N) is 6. The van der Waals surface area contributed by atoms with Gasteiger partial charge in [0.25, 0.3) is 5.95 Å². The number of anilines is 1. The molecule has 0 saturated carbocycles. The molecular weight excluding hydrogens is 316 g/mol. The zero-order valence-electron chi connectivity index (χ0n) is 13.1. The van der Waals surface area contributed by atoms with E-state index in [1.54, 1.807) is 6.33 Å². The molecule has 0 amide bonds. The number of hydrogen-bond acceptors (Lipinski definition) is 8. The second kappa shape index (κ2) is 6.95. The first-order chi connectivity index (χ1) is 11.2. The number of carbonyl (C=O) groups excluding carboxylic acids is 1. The highest BCUT2D eigenvalue weighted by atomic mass is 32.2. The van der Waals surface area contributed by atoms with Crippen molar-refractivity contribution < 1.29 is 9.53 Å². The Morgan fingerprint density at radius 3 is 2.87 bits per heavy atom. The smallest absolute Gasteiger partial charge is 0.316 e. The Kier molecular flexibility index (Phi) is 4.75. The van der Waals surface area contributed by atoms with E-state index in [1.807, 2.05) is 13.0 Å². The topological polar surface area (TPSA) is 86.0 Å². The van der Waals surface area contributed by atoms with Crippen LogP contribution in [0.5, 0.6) is 0 Å². The lowest BCUT2D eigenvalue weighted by Gasteiger charge is -2.17. The summed E-state index contributed by atoms with van der Waals surface area (Å²) in [5.74, 6) is 1.27. The predicted octanol–water partition coefficient (Wildman–Crippen LogP) is 1.23. The number of hydrogen-bond donors (Lipinski definition) is 0. The zero-order chi connectivity index (χ0) is 16.2. The number of thioether (sulfide) groups is 1. The molecule has 1 aliphatic rings. The molecule has 0 aliphatic carbocycles. The summed E-state index contributed by atoms with van der Waals surface area (Å²) in [5.41, 5.74) is 0.885. The Hall–Kier alpha value is -2.16. The molecule has 0 aromatic carbocycles. The van der Waals surface area contributed by atoms with Crippen molar-refractivity contribution in [2.75, 3.05) is 30.9 Å². The molecule has 1 aliphatic heterocycles. The maximum absolute atomic E-state index is 11.2. The highest BCUT2D eigenvalue weighted by Gasteiger charge is 2.16. The minimum Gasteiger partial charge on any atom is -0.468 e. The summed E-state index contributed by atoms with van der Waals surface area (Å²) in [4.78, 5) is 26.6. The van der Waals surface area contributed by atoms with Crippen LogP contribution in [-0.2, 0) is 9.53 Å². The molecule has 2 aromatic rings. The number of carbonyl (C=O) groups is 1. The quantitative estimate of drug-likeness (QED) is 0.596. The monoisotopic (exact) mass is 334 g/mol. The van der Waals surface area contributed by atoms with Crippen LogP contribution in [0.4, 0.5) is 5.82 Å². The molecular formula is C14H18N6O2S. The van der Waals surface area contributed by atoms with E-state index in [-0.39, 0.29) is 11.7 Å². The fourth-order valence-corrected chi connectivity index (χ4v) is 2.97. The summed E-state index contributed by atoms with van der Waals surface area (Å²) in [6.07, 6.45) is 3.94. The first-order valence-electron chi connectivity index (χ1n) is 7.38. The molecule has 3 rings (SSSR count). The maximum atomic E-state index is 11.2. The van der Waals surface area contributed by atoms with Gasteiger partial charge in [-0.2, -0.15) is 9.67 Å². The molecule has 0 bridgehead atoms. The Morgan fingerprint density at radius 2 is 2.13 bits per heavy atom. The van der Waals surface area contributed by atoms with E-state index < -0.39 is 0 Å². The average molecular weight is 334 g/mol. The van der Waals surface area contributed by atoms with Crippen molar-refractivity contribution in [3.05, 3.63) is 18.1 Å². The second-order valence-electron chi connectivity index (χ2n) is 5.20. The summed E-state index contributed by atoms with van der Waals surface area (Å²) in [6.45, 7) is 3.98. The average Bonchev–Trinajstić information content (AvgIpc) is 3.23. The molecule has 1 fully saturated rings. The van der Waals surface area contributed by atoms with Gasteiger partial charge in [0.2, 0.25) is 5.16 Å². The van der Waals surface area contributed by atoms with Crippen LogP contribution >= 0.6 is 11.8 Å². The number of ether oxygens (including phenoxy) is 1. The number of methoxy groups -OCH3 is 1. The van der Waals surface area contributed by atoms with Gasteiger partial charge in [-0.1, -0.05) is 11.8 Å². The number of aromatic nitrogens is 5. The van der Waals surface area contributed by atoms with Gasteiger partial charge >= 0.3 is 5.97 Å². The Morgan fingerprint density at radius 1 is 1.35 bits per heavy atom. The molecule has 1 saturated heterocycles. The first-order valence-corrected chi connectivity index (χ1v) is 8.36. The molecule has 122 valence electrons. The highest BCUT2D eigenvalue weighted by molar-refractivity contribution is 7.99. The van der Waals surface area contributed by atoms with Crippen LogP contribution in [0, 0.1) is 6.92 Å². The van der Waals surface area contributed by atoms with E-state index in [2.05, 4.69) is 29.7 Å². The van der Waals surface area contributed by atoms with Crippen molar-refractivity contribution in [1.82, 2.24) is 24.7 Å². The van der Waals surface area contributed by atoms with Crippen molar-refractivity contribution in [3.8, 4) is 5.95 Å². The van der Waals surface area contributed by atoms with Gasteiger partial charge in [-0.25, -0.2) is 9.97 Å². The molecule has 0 atom stereocenters. The van der Waals surface area contributed by atoms with Gasteiger partial charge < -0.3 is 9.64 Å². The summed E-state index contributed by atoms with van der Waals surface area (Å²) >= 11 is 1.22. The maximum Gasteiger partial charge on any atom is 0.316 e. The summed E-state index contributed by atoms with van der Waals surface area (Å²) in [7, 11) is 1.36. The van der Waals surface area contributed by atoms with E-state index in [1.165, 1.54) is 36.4 Å². The van der Waals surface area contributed by atoms with Crippen molar-refractivity contribution >= 4 is 23.5 Å². The van der Waals surface area contributed by atoms with Crippen molar-refractivity contribution in [2.45, 2.75) is 24.9 Å². The van der Waals surface area contributed by atoms with E-state index in [0.29, 0.717) is 11.1 Å². The summed E-state index contributed by atoms with van der Waals surface area (Å²) in [5, 5.41) is 4.80. The lowest BCUT2D eigenvalue weighted by atomic mass is 10.4. The van der Waals surface area contributed by atoms with Crippen LogP contribution in [0.15, 0.2) is 17.6 Å². The standard InChI is InChI=1S/C14H18N6O2S/c1-10-7-11(19-5-3-4-6-19)17-13(16-10)20-9-15-14(18-20)23-8-12(21)22-2/h7,9H,3-6,8H2,1-2H3. The van der Waals surface area contributed by atoms with Gasteiger partial charge in [-0.05, 0) is 19.8 Å². The lowest BCUT2D eigenvalue weighted by molar-refractivity contribution is -0.137. The molecule has 0 radical (unpaired) electrons. The largest absolute Gasteiger partial charge is 0.468 e. The third-order valence-corrected chi connectivity index (χ3v) is 4.31. The van der Waals surface area contributed by atoms with Gasteiger partial charge in [0.15, 0.2) is 0 Å². The summed E-state index contributed by atoms with van der Waals surface area (Å²) in [6, 6.07) is 1.98. The first kappa shape index (κ1) is 15.7. The van der Waals surface area contributed by atoms with Crippen molar-refractivity contribution in [1.29, 1.82) is 0 Å². The summed E-state index contributed by atoms with van der Waals surface area (Å²) < 4.78 is 6.13. The Balaban J connectivity index is 1.78. The third kappa shape index (κ3) is 3.79. The van der Waals surface area contributed by atoms with E-state index in [9.17, 15) is 4.79 Å². The van der Waals surface area contributed by atoms with E-state index >= 15 is 0 Å². The molecule has 8 nitrogen and oxygen atoms in total. The van der Waals surface area contributed by atoms with Crippen LogP contribution in [0.2, 0.25) is 0 Å². The fourth-order valence-electron chi connectivity index (χ4n) is 2.34. The normalized spacial score (nSPS) is 14.3. The molecule has 2 aromatic heterocycles. The minimum atomic E-state index is -0.311. The van der Waals surface area contributed by atoms with Gasteiger partial charge in [0.1, 0.15) is 12.1 Å². The van der Waals surface area contributed by atoms with Gasteiger partial charge in [-0.15, -0.1) is 5.10 Å². The lowest BCUT2D eigenvalue weighted by Crippen LogP contribution is -2.20. The van der Waals surface area contributed by atoms with Crippen LogP contribution in [0.1, 0.15) is 18.5 Å². The van der Waals surface area contributed by atoms with Crippen LogP contribution in [0.3, 0.4) is 0 Å². The third-order valence-electron chi connectivity index (χ3n) is 3.48. The molecule has 0 unspecified atom stereocenters. The molecule has 3 heterocycles. The Bertz CT molecular complexity index is 698. The van der Waals surface area contributed by atoms with Crippen LogP contribution in [-0.4, -0.2) is 56.7 Å². The molecule has 23 heavy (non-hydrogen) atoms. The molecule has 0 N–H and O–H groups in total. The highest BCUT2D eigenvalue weighted by Crippen LogP contribution is 2.20. The minimum absolute atomic E-state index is 0.175. The predicted molar refractivity (Wildman–Crippen MR) is 85.9 cm³/mol. The van der Waals surface area contributed by atoms with Gasteiger partial charge in [-0.3, -0.25) is 4.79 Å². The second-order valence-corrected chi connectivity index (χ2v) is 6.14. The molecule has 9 heteroatoms. The van der Waals surface area contributed by atoms with Gasteiger partial charge in [0, 0.05) is 24.8 Å². The zero-order valence-corrected chi connectivity index (χ0v) is 13.9. The van der Waals surface area contributed by atoms with Gasteiger partial charge in [0.05, 0.1) is 12.9 Å². The number of aryl methyl sites for hydroxylation is 1. The van der Waals surface area contributed by atoms with E-state index in [0.717, 1.165) is 24.6 Å². The number of rotatable bonds is 5. The fraction of sp³-hybridized carbons (Fsp3) is 0.500. The van der Waals surface area contributed by atoms with E-state index in [4.69, 9.17) is 0 Å². The molecule has 0 spiro atoms. The SMILES string of the molecule is COC(=O)CSc1ncn(-c2nc(C)cc(N3CCCC3)n2)n1. The van der Waals surface area contributed by atoms with Crippen molar-refractivity contribution in [3.63, 3.8) is 0 Å².